The van der Waals surface area contributed by atoms with Crippen molar-refractivity contribution in [1.82, 2.24) is 10.3 Å². The molecule has 23 heavy (non-hydrogen) atoms. The van der Waals surface area contributed by atoms with E-state index in [1.165, 1.54) is 6.07 Å². The molecule has 1 aliphatic rings. The predicted octanol–water partition coefficient (Wildman–Crippen LogP) is 3.83. The maximum atomic E-state index is 14.1. The van der Waals surface area contributed by atoms with Crippen LogP contribution in [0.3, 0.4) is 0 Å². The number of amides is 1. The Labute approximate surface area is 135 Å². The molecule has 4 heteroatoms. The summed E-state index contributed by atoms with van der Waals surface area (Å²) in [7, 11) is 0. The summed E-state index contributed by atoms with van der Waals surface area (Å²) in [5.74, 6) is -0.404. The van der Waals surface area contributed by atoms with Gasteiger partial charge in [-0.2, -0.15) is 0 Å². The maximum Gasteiger partial charge on any atom is 0.231 e. The van der Waals surface area contributed by atoms with Gasteiger partial charge >= 0.3 is 0 Å². The number of nitrogens with one attached hydrogen (secondary N) is 1. The highest BCUT2D eigenvalue weighted by atomic mass is 19.1. The number of nitrogens with zero attached hydrogens (tertiary/aromatic N) is 1. The molecule has 1 aromatic carbocycles. The van der Waals surface area contributed by atoms with Gasteiger partial charge in [0.05, 0.1) is 17.2 Å². The summed E-state index contributed by atoms with van der Waals surface area (Å²) in [5.41, 5.74) is 1.73. The quantitative estimate of drug-likeness (QED) is 0.911. The molecule has 3 nitrogen and oxygen atoms in total. The molecule has 0 aliphatic heterocycles. The first kappa shape index (κ1) is 15.7. The number of aromatic nitrogens is 1. The second kappa shape index (κ2) is 6.11. The zero-order chi connectivity index (χ0) is 16.4. The van der Waals surface area contributed by atoms with Gasteiger partial charge in [-0.3, -0.25) is 9.78 Å². The van der Waals surface area contributed by atoms with Crippen LogP contribution in [0.4, 0.5) is 4.39 Å². The summed E-state index contributed by atoms with van der Waals surface area (Å²) in [5, 5.41) is 3.06. The average molecular weight is 312 g/mol. The standard InChI is InChI=1S/C19H21FN2O/c1-3-16(17-9-8-13(2)12-21-17)22-18(23)19(10-11-19)14-6-4-5-7-15(14)20/h4-9,12,16H,3,10-11H2,1-2H3,(H,22,23). The fraction of sp³-hybridized carbons (Fsp3) is 0.368. The number of carbonyl (C=O) groups excluding carboxylic acids is 1. The molecule has 1 unspecified atom stereocenters. The number of carbonyl (C=O) groups is 1. The molecule has 1 heterocycles. The molecule has 0 spiro atoms. The Morgan fingerprint density at radius 1 is 1.30 bits per heavy atom. The molecule has 1 aromatic heterocycles. The summed E-state index contributed by atoms with van der Waals surface area (Å²) in [6, 6.07) is 10.3. The fourth-order valence-corrected chi connectivity index (χ4v) is 2.96. The van der Waals surface area contributed by atoms with E-state index in [2.05, 4.69) is 10.3 Å². The first-order chi connectivity index (χ1) is 11.1. The van der Waals surface area contributed by atoms with Crippen LogP contribution in [-0.4, -0.2) is 10.9 Å². The highest BCUT2D eigenvalue weighted by Crippen LogP contribution is 2.49. The van der Waals surface area contributed by atoms with Crippen molar-refractivity contribution in [2.75, 3.05) is 0 Å². The van der Waals surface area contributed by atoms with E-state index in [-0.39, 0.29) is 17.8 Å². The lowest BCUT2D eigenvalue weighted by Gasteiger charge is -2.22. The monoisotopic (exact) mass is 312 g/mol. The average Bonchev–Trinajstić information content (AvgIpc) is 3.35. The topological polar surface area (TPSA) is 42.0 Å². The van der Waals surface area contributed by atoms with Crippen LogP contribution in [-0.2, 0) is 10.2 Å². The van der Waals surface area contributed by atoms with Gasteiger partial charge < -0.3 is 5.32 Å². The number of pyridine rings is 1. The van der Waals surface area contributed by atoms with Crippen molar-refractivity contribution in [2.24, 2.45) is 0 Å². The van der Waals surface area contributed by atoms with Gasteiger partial charge in [0.15, 0.2) is 0 Å². The Bertz CT molecular complexity index is 708. The number of hydrogen-bond donors (Lipinski definition) is 1. The van der Waals surface area contributed by atoms with Crippen molar-refractivity contribution >= 4 is 5.91 Å². The highest BCUT2D eigenvalue weighted by molar-refractivity contribution is 5.91. The van der Waals surface area contributed by atoms with E-state index in [4.69, 9.17) is 0 Å². The van der Waals surface area contributed by atoms with Gasteiger partial charge in [-0.1, -0.05) is 31.2 Å². The molecule has 2 aromatic rings. The minimum atomic E-state index is -0.705. The van der Waals surface area contributed by atoms with Crippen LogP contribution in [0.1, 0.15) is 49.0 Å². The van der Waals surface area contributed by atoms with Crippen molar-refractivity contribution in [3.63, 3.8) is 0 Å². The Morgan fingerprint density at radius 2 is 2.04 bits per heavy atom. The number of aryl methyl sites for hydroxylation is 1. The van der Waals surface area contributed by atoms with Crippen LogP contribution >= 0.6 is 0 Å². The minimum Gasteiger partial charge on any atom is -0.347 e. The summed E-state index contributed by atoms with van der Waals surface area (Å²) in [4.78, 5) is 17.2. The zero-order valence-electron chi connectivity index (χ0n) is 13.5. The summed E-state index contributed by atoms with van der Waals surface area (Å²) >= 11 is 0. The molecule has 1 fully saturated rings. The molecule has 120 valence electrons. The van der Waals surface area contributed by atoms with E-state index in [0.29, 0.717) is 18.4 Å². The fourth-order valence-electron chi connectivity index (χ4n) is 2.96. The molecule has 0 bridgehead atoms. The largest absolute Gasteiger partial charge is 0.347 e. The molecule has 1 atom stereocenters. The Hall–Kier alpha value is -2.23. The summed E-state index contributed by atoms with van der Waals surface area (Å²) < 4.78 is 14.1. The van der Waals surface area contributed by atoms with Gasteiger partial charge in [0.25, 0.3) is 0 Å². The SMILES string of the molecule is CCC(NC(=O)C1(c2ccccc2F)CC1)c1ccc(C)cn1. The van der Waals surface area contributed by atoms with Gasteiger partial charge in [-0.05, 0) is 43.9 Å². The molecule has 3 rings (SSSR count). The van der Waals surface area contributed by atoms with Gasteiger partial charge in [-0.15, -0.1) is 0 Å². The third-order valence-electron chi connectivity index (χ3n) is 4.58. The number of benzene rings is 1. The normalized spacial score (nSPS) is 16.7. The number of hydrogen-bond acceptors (Lipinski definition) is 2. The van der Waals surface area contributed by atoms with Crippen LogP contribution in [0.2, 0.25) is 0 Å². The van der Waals surface area contributed by atoms with E-state index in [1.807, 2.05) is 26.0 Å². The van der Waals surface area contributed by atoms with E-state index >= 15 is 0 Å². The molecular weight excluding hydrogens is 291 g/mol. The molecule has 1 aliphatic carbocycles. The third kappa shape index (κ3) is 2.98. The van der Waals surface area contributed by atoms with Crippen LogP contribution in [0.5, 0.6) is 0 Å². The van der Waals surface area contributed by atoms with E-state index in [1.54, 1.807) is 24.4 Å². The second-order valence-electron chi connectivity index (χ2n) is 6.26. The van der Waals surface area contributed by atoms with Gasteiger partial charge in [0, 0.05) is 11.8 Å². The lowest BCUT2D eigenvalue weighted by Crippen LogP contribution is -2.38. The van der Waals surface area contributed by atoms with Gasteiger partial charge in [0.2, 0.25) is 5.91 Å². The van der Waals surface area contributed by atoms with Crippen molar-refractivity contribution < 1.29 is 9.18 Å². The van der Waals surface area contributed by atoms with E-state index in [9.17, 15) is 9.18 Å². The maximum absolute atomic E-state index is 14.1. The van der Waals surface area contributed by atoms with Crippen molar-refractivity contribution in [2.45, 2.75) is 44.6 Å². The molecule has 0 saturated heterocycles. The van der Waals surface area contributed by atoms with Crippen molar-refractivity contribution in [3.8, 4) is 0 Å². The summed E-state index contributed by atoms with van der Waals surface area (Å²) in [6.07, 6.45) is 3.93. The van der Waals surface area contributed by atoms with Crippen molar-refractivity contribution in [1.29, 1.82) is 0 Å². The van der Waals surface area contributed by atoms with Gasteiger partial charge in [0.1, 0.15) is 5.82 Å². The Kier molecular flexibility index (Phi) is 4.16. The molecule has 1 saturated carbocycles. The first-order valence-electron chi connectivity index (χ1n) is 8.05. The van der Waals surface area contributed by atoms with Gasteiger partial charge in [-0.25, -0.2) is 4.39 Å². The van der Waals surface area contributed by atoms with Crippen LogP contribution < -0.4 is 5.32 Å². The van der Waals surface area contributed by atoms with Crippen molar-refractivity contribution in [3.05, 3.63) is 65.2 Å². The minimum absolute atomic E-state index is 0.100. The lowest BCUT2D eigenvalue weighted by atomic mass is 9.93. The number of rotatable bonds is 5. The van der Waals surface area contributed by atoms with E-state index < -0.39 is 5.41 Å². The molecule has 0 radical (unpaired) electrons. The van der Waals surface area contributed by atoms with E-state index in [0.717, 1.165) is 17.7 Å². The Balaban J connectivity index is 1.80. The summed E-state index contributed by atoms with van der Waals surface area (Å²) in [6.45, 7) is 3.99. The third-order valence-corrected chi connectivity index (χ3v) is 4.58. The lowest BCUT2D eigenvalue weighted by molar-refractivity contribution is -0.124. The predicted molar refractivity (Wildman–Crippen MR) is 87.5 cm³/mol. The van der Waals surface area contributed by atoms with Crippen LogP contribution in [0, 0.1) is 12.7 Å². The smallest absolute Gasteiger partial charge is 0.231 e. The number of halogens is 1. The molecule has 1 N–H and O–H groups in total. The second-order valence-corrected chi connectivity index (χ2v) is 6.26. The van der Waals surface area contributed by atoms with Crippen LogP contribution in [0.15, 0.2) is 42.6 Å². The Morgan fingerprint density at radius 3 is 2.61 bits per heavy atom. The highest BCUT2D eigenvalue weighted by Gasteiger charge is 2.53. The molecule has 1 amide bonds. The van der Waals surface area contributed by atoms with Crippen LogP contribution in [0.25, 0.3) is 0 Å². The molecular formula is C19H21FN2O. The zero-order valence-corrected chi connectivity index (χ0v) is 13.5. The first-order valence-corrected chi connectivity index (χ1v) is 8.05.